The lowest BCUT2D eigenvalue weighted by Gasteiger charge is -2.45. The Morgan fingerprint density at radius 1 is 1.21 bits per heavy atom. The summed E-state index contributed by atoms with van der Waals surface area (Å²) in [6, 6.07) is 13.2. The molecule has 2 atom stereocenters. The van der Waals surface area contributed by atoms with E-state index in [1.807, 2.05) is 12.1 Å². The van der Waals surface area contributed by atoms with Crippen LogP contribution >= 0.6 is 0 Å². The molecule has 156 valence electrons. The van der Waals surface area contributed by atoms with Crippen molar-refractivity contribution >= 4 is 11.8 Å². The number of nitrogens with zero attached hydrogens (tertiary/aromatic N) is 1. The summed E-state index contributed by atoms with van der Waals surface area (Å²) in [6.45, 7) is 8.90. The maximum Gasteiger partial charge on any atom is 0.407 e. The summed E-state index contributed by atoms with van der Waals surface area (Å²) in [4.78, 5) is 13.3. The van der Waals surface area contributed by atoms with Crippen LogP contribution < -0.4 is 5.32 Å². The average Bonchev–Trinajstić information content (AvgIpc) is 2.65. The van der Waals surface area contributed by atoms with Gasteiger partial charge in [-0.25, -0.2) is 9.18 Å². The smallest absolute Gasteiger partial charge is 0.407 e. The number of aryl methyl sites for hydroxylation is 1. The molecule has 1 aliphatic rings. The van der Waals surface area contributed by atoms with Crippen molar-refractivity contribution in [2.24, 2.45) is 5.41 Å². The van der Waals surface area contributed by atoms with Gasteiger partial charge in [0.1, 0.15) is 5.82 Å². The quantitative estimate of drug-likeness (QED) is 0.695. The summed E-state index contributed by atoms with van der Waals surface area (Å²) in [7, 11) is 0. The number of benzene rings is 2. The monoisotopic (exact) mass is 398 g/mol. The van der Waals surface area contributed by atoms with Crippen LogP contribution in [0.5, 0.6) is 0 Å². The van der Waals surface area contributed by atoms with E-state index in [1.165, 1.54) is 23.3 Å². The van der Waals surface area contributed by atoms with Crippen LogP contribution in [0, 0.1) is 18.2 Å². The van der Waals surface area contributed by atoms with Crippen molar-refractivity contribution in [3.05, 3.63) is 65.0 Å². The Bertz CT molecular complexity index is 858. The van der Waals surface area contributed by atoms with Gasteiger partial charge in [0.05, 0.1) is 0 Å². The molecule has 29 heavy (non-hydrogen) atoms. The van der Waals surface area contributed by atoms with Crippen LogP contribution in [0.2, 0.25) is 0 Å². The second kappa shape index (κ2) is 8.44. The zero-order valence-corrected chi connectivity index (χ0v) is 17.7. The van der Waals surface area contributed by atoms with Crippen molar-refractivity contribution in [3.8, 4) is 0 Å². The molecule has 0 radical (unpaired) electrons. The van der Waals surface area contributed by atoms with E-state index in [9.17, 15) is 14.3 Å². The highest BCUT2D eigenvalue weighted by Crippen LogP contribution is 2.34. The Balaban J connectivity index is 1.79. The maximum absolute atomic E-state index is 13.2. The van der Waals surface area contributed by atoms with Crippen LogP contribution in [0.1, 0.15) is 50.3 Å². The summed E-state index contributed by atoms with van der Waals surface area (Å²) >= 11 is 0. The van der Waals surface area contributed by atoms with E-state index in [0.29, 0.717) is 6.54 Å². The fourth-order valence-corrected chi connectivity index (χ4v) is 4.20. The van der Waals surface area contributed by atoms with E-state index in [-0.39, 0.29) is 23.3 Å². The fourth-order valence-electron chi connectivity index (χ4n) is 4.20. The van der Waals surface area contributed by atoms with Crippen LogP contribution in [-0.4, -0.2) is 34.7 Å². The molecule has 0 aliphatic carbocycles. The molecule has 1 fully saturated rings. The highest BCUT2D eigenvalue weighted by molar-refractivity contribution is 5.66. The molecule has 1 amide bonds. The highest BCUT2D eigenvalue weighted by Gasteiger charge is 2.38. The Labute approximate surface area is 172 Å². The minimum atomic E-state index is -0.837. The Morgan fingerprint density at radius 2 is 1.90 bits per heavy atom. The van der Waals surface area contributed by atoms with Gasteiger partial charge in [0.25, 0.3) is 0 Å². The number of hydrogen-bond acceptors (Lipinski definition) is 2. The van der Waals surface area contributed by atoms with Crippen molar-refractivity contribution in [2.45, 2.75) is 59.0 Å². The zero-order valence-electron chi connectivity index (χ0n) is 17.7. The summed E-state index contributed by atoms with van der Waals surface area (Å²) in [5, 5.41) is 13.3. The minimum absolute atomic E-state index is 0.0303. The normalized spacial score (nSPS) is 19.8. The van der Waals surface area contributed by atoms with Crippen molar-refractivity contribution in [2.75, 3.05) is 11.9 Å². The lowest BCUT2D eigenvalue weighted by molar-refractivity contribution is 0.0557. The van der Waals surface area contributed by atoms with Crippen molar-refractivity contribution in [1.29, 1.82) is 0 Å². The lowest BCUT2D eigenvalue weighted by Crippen LogP contribution is -2.54. The van der Waals surface area contributed by atoms with Crippen LogP contribution in [-0.2, 0) is 6.42 Å². The number of halogens is 1. The van der Waals surface area contributed by atoms with E-state index in [1.54, 1.807) is 4.90 Å². The predicted octanol–water partition coefficient (Wildman–Crippen LogP) is 5.69. The molecule has 1 aliphatic heterocycles. The largest absolute Gasteiger partial charge is 0.465 e. The summed E-state index contributed by atoms with van der Waals surface area (Å²) in [5.74, 6) is -0.227. The molecule has 0 aromatic heterocycles. The Kier molecular flexibility index (Phi) is 6.15. The van der Waals surface area contributed by atoms with Gasteiger partial charge in [-0.1, -0.05) is 50.6 Å². The van der Waals surface area contributed by atoms with Gasteiger partial charge in [-0.15, -0.1) is 0 Å². The number of nitrogens with one attached hydrogen (secondary N) is 1. The molecule has 1 heterocycles. The third-order valence-electron chi connectivity index (χ3n) is 5.78. The van der Waals surface area contributed by atoms with Gasteiger partial charge >= 0.3 is 6.09 Å². The molecule has 3 rings (SSSR count). The third-order valence-corrected chi connectivity index (χ3v) is 5.78. The molecule has 0 spiro atoms. The third kappa shape index (κ3) is 5.28. The summed E-state index contributed by atoms with van der Waals surface area (Å²) < 4.78 is 13.2. The van der Waals surface area contributed by atoms with Gasteiger partial charge in [0.2, 0.25) is 0 Å². The minimum Gasteiger partial charge on any atom is -0.465 e. The van der Waals surface area contributed by atoms with E-state index in [4.69, 9.17) is 0 Å². The van der Waals surface area contributed by atoms with Crippen molar-refractivity contribution in [3.63, 3.8) is 0 Å². The van der Waals surface area contributed by atoms with Gasteiger partial charge in [-0.2, -0.15) is 0 Å². The van der Waals surface area contributed by atoms with Gasteiger partial charge in [0.15, 0.2) is 0 Å². The molecule has 1 saturated heterocycles. The number of hydrogen-bond donors (Lipinski definition) is 2. The average molecular weight is 399 g/mol. The fraction of sp³-hybridized carbons (Fsp3) is 0.458. The zero-order chi connectivity index (χ0) is 21.2. The lowest BCUT2D eigenvalue weighted by atomic mass is 9.79. The van der Waals surface area contributed by atoms with Gasteiger partial charge < -0.3 is 15.3 Å². The molecular formula is C24H31FN2O2. The number of amides is 1. The number of anilines is 1. The maximum atomic E-state index is 13.2. The van der Waals surface area contributed by atoms with Crippen molar-refractivity contribution < 1.29 is 14.3 Å². The Morgan fingerprint density at radius 3 is 2.52 bits per heavy atom. The molecule has 4 nitrogen and oxygen atoms in total. The number of carbonyl (C=O) groups is 1. The second-order valence-electron chi connectivity index (χ2n) is 9.19. The number of rotatable bonds is 4. The molecule has 2 aromatic rings. The predicted molar refractivity (Wildman–Crippen MR) is 115 cm³/mol. The SMILES string of the molecule is Cc1ccc(NC2CCN(C(=O)O)C(C(C)(C)C)C2)c(Cc2ccc(F)cc2)c1. The highest BCUT2D eigenvalue weighted by atomic mass is 19.1. The number of carboxylic acid groups (broad SMARTS) is 1. The Hall–Kier alpha value is -2.56. The first-order chi connectivity index (χ1) is 13.6. The first-order valence-corrected chi connectivity index (χ1v) is 10.2. The van der Waals surface area contributed by atoms with Gasteiger partial charge in [-0.05, 0) is 60.9 Å². The molecule has 2 unspecified atom stereocenters. The molecule has 0 saturated carbocycles. The van der Waals surface area contributed by atoms with Crippen molar-refractivity contribution in [1.82, 2.24) is 4.90 Å². The van der Waals surface area contributed by atoms with E-state index in [2.05, 4.69) is 51.2 Å². The van der Waals surface area contributed by atoms with Crippen LogP contribution in [0.25, 0.3) is 0 Å². The molecule has 5 heteroatoms. The van der Waals surface area contributed by atoms with E-state index < -0.39 is 6.09 Å². The van der Waals surface area contributed by atoms with Crippen LogP contribution in [0.4, 0.5) is 14.9 Å². The van der Waals surface area contributed by atoms with E-state index in [0.717, 1.165) is 30.5 Å². The molecular weight excluding hydrogens is 367 g/mol. The van der Waals surface area contributed by atoms with Gasteiger partial charge in [0, 0.05) is 24.3 Å². The first-order valence-electron chi connectivity index (χ1n) is 10.2. The first kappa shape index (κ1) is 21.2. The van der Waals surface area contributed by atoms with Crippen LogP contribution in [0.15, 0.2) is 42.5 Å². The standard InChI is InChI=1S/C24H31FN2O2/c1-16-5-10-21(18(13-16)14-17-6-8-19(25)9-7-17)26-20-11-12-27(23(28)29)22(15-20)24(2,3)4/h5-10,13,20,22,26H,11-12,14-15H2,1-4H3,(H,28,29). The summed E-state index contributed by atoms with van der Waals surface area (Å²) in [5.41, 5.74) is 4.36. The molecule has 0 bridgehead atoms. The molecule has 2 aromatic carbocycles. The number of piperidine rings is 1. The summed E-state index contributed by atoms with van der Waals surface area (Å²) in [6.07, 6.45) is 1.44. The number of likely N-dealkylation sites (tertiary alicyclic amines) is 1. The topological polar surface area (TPSA) is 52.6 Å². The van der Waals surface area contributed by atoms with Crippen LogP contribution in [0.3, 0.4) is 0 Å². The van der Waals surface area contributed by atoms with E-state index >= 15 is 0 Å². The van der Waals surface area contributed by atoms with Gasteiger partial charge in [-0.3, -0.25) is 0 Å². The second-order valence-corrected chi connectivity index (χ2v) is 9.19. The molecule has 2 N–H and O–H groups in total.